The second-order valence-electron chi connectivity index (χ2n) is 4.24. The average Bonchev–Trinajstić information content (AvgIpc) is 2.29. The lowest BCUT2D eigenvalue weighted by molar-refractivity contribution is -0.140. The van der Waals surface area contributed by atoms with Crippen LogP contribution in [0.25, 0.3) is 10.9 Å². The summed E-state index contributed by atoms with van der Waals surface area (Å²) in [5, 5.41) is 0.111. The number of benzene rings is 1. The largest absolute Gasteiger partial charge is 0.365 e. The lowest BCUT2D eigenvalue weighted by atomic mass is 10.1. The molecule has 7 heteroatoms. The van der Waals surface area contributed by atoms with Gasteiger partial charge in [-0.15, -0.1) is 0 Å². The Kier molecular flexibility index (Phi) is 3.38. The number of hydrogen-bond donors (Lipinski definition) is 0. The zero-order valence-corrected chi connectivity index (χ0v) is 10.8. The first-order chi connectivity index (χ1) is 8.73. The van der Waals surface area contributed by atoms with Gasteiger partial charge in [0.25, 0.3) is 0 Å². The van der Waals surface area contributed by atoms with E-state index in [-0.39, 0.29) is 10.7 Å². The molecule has 0 bridgehead atoms. The van der Waals surface area contributed by atoms with Gasteiger partial charge < -0.3 is 0 Å². The number of fused-ring (bicyclic) bond motifs is 1. The van der Waals surface area contributed by atoms with Crippen molar-refractivity contribution in [3.05, 3.63) is 34.2 Å². The highest BCUT2D eigenvalue weighted by Gasteiger charge is 2.46. The van der Waals surface area contributed by atoms with Crippen molar-refractivity contribution < 1.29 is 17.6 Å². The van der Waals surface area contributed by atoms with E-state index in [1.54, 1.807) is 26.0 Å². The summed E-state index contributed by atoms with van der Waals surface area (Å²) >= 11 is 5.79. The first-order valence-corrected chi connectivity index (χ1v) is 5.72. The molecular formula is C12H9ClF4N2. The highest BCUT2D eigenvalue weighted by Crippen LogP contribution is 2.35. The predicted molar refractivity (Wildman–Crippen MR) is 63.9 cm³/mol. The molecule has 0 amide bonds. The zero-order valence-electron chi connectivity index (χ0n) is 10.0. The summed E-state index contributed by atoms with van der Waals surface area (Å²) in [6.07, 6.45) is -3.88. The van der Waals surface area contributed by atoms with Gasteiger partial charge in [0.1, 0.15) is 5.15 Å². The SMILES string of the molecule is Cc1cc(C)c2nc(C(F)(F)C(F)F)nc(Cl)c2c1. The zero-order chi connectivity index (χ0) is 14.4. The second-order valence-corrected chi connectivity index (χ2v) is 4.60. The van der Waals surface area contributed by atoms with Crippen molar-refractivity contribution in [2.24, 2.45) is 0 Å². The number of aromatic nitrogens is 2. The van der Waals surface area contributed by atoms with E-state index in [9.17, 15) is 17.6 Å². The van der Waals surface area contributed by atoms with E-state index in [0.717, 1.165) is 5.56 Å². The number of aryl methyl sites for hydroxylation is 2. The third-order valence-electron chi connectivity index (χ3n) is 2.66. The van der Waals surface area contributed by atoms with E-state index in [2.05, 4.69) is 9.97 Å². The van der Waals surface area contributed by atoms with Crippen LogP contribution in [0.5, 0.6) is 0 Å². The van der Waals surface area contributed by atoms with Gasteiger partial charge in [0.2, 0.25) is 5.82 Å². The average molecular weight is 293 g/mol. The van der Waals surface area contributed by atoms with Crippen molar-refractivity contribution in [2.45, 2.75) is 26.2 Å². The minimum Gasteiger partial charge on any atom is -0.226 e. The van der Waals surface area contributed by atoms with Crippen LogP contribution in [0, 0.1) is 13.8 Å². The van der Waals surface area contributed by atoms with Gasteiger partial charge in [-0.3, -0.25) is 0 Å². The fraction of sp³-hybridized carbons (Fsp3) is 0.333. The molecule has 0 saturated carbocycles. The van der Waals surface area contributed by atoms with E-state index >= 15 is 0 Å². The molecule has 0 aliphatic heterocycles. The Morgan fingerprint density at radius 2 is 1.79 bits per heavy atom. The molecular weight excluding hydrogens is 284 g/mol. The number of halogens is 5. The fourth-order valence-corrected chi connectivity index (χ4v) is 2.02. The Morgan fingerprint density at radius 1 is 1.16 bits per heavy atom. The first kappa shape index (κ1) is 14.0. The van der Waals surface area contributed by atoms with Gasteiger partial charge in [0.05, 0.1) is 5.52 Å². The lowest BCUT2D eigenvalue weighted by Gasteiger charge is -2.15. The molecule has 2 rings (SSSR count). The van der Waals surface area contributed by atoms with E-state index in [1.165, 1.54) is 0 Å². The maximum Gasteiger partial charge on any atom is 0.365 e. The Morgan fingerprint density at radius 3 is 2.37 bits per heavy atom. The summed E-state index contributed by atoms with van der Waals surface area (Å²) < 4.78 is 51.2. The molecule has 0 unspecified atom stereocenters. The van der Waals surface area contributed by atoms with Crippen molar-refractivity contribution in [3.8, 4) is 0 Å². The molecule has 0 saturated heterocycles. The molecule has 102 valence electrons. The van der Waals surface area contributed by atoms with Crippen molar-refractivity contribution >= 4 is 22.5 Å². The van der Waals surface area contributed by atoms with Crippen molar-refractivity contribution in [2.75, 3.05) is 0 Å². The standard InChI is InChI=1S/C12H9ClF4N2/c1-5-3-6(2)8-7(4-5)9(13)19-11(18-8)12(16,17)10(14)15/h3-4,10H,1-2H3. The van der Waals surface area contributed by atoms with E-state index in [4.69, 9.17) is 11.6 Å². The van der Waals surface area contributed by atoms with Crippen LogP contribution < -0.4 is 0 Å². The van der Waals surface area contributed by atoms with Gasteiger partial charge in [-0.2, -0.15) is 8.78 Å². The Labute approximate surface area is 111 Å². The van der Waals surface area contributed by atoms with Crippen LogP contribution in [0.1, 0.15) is 17.0 Å². The molecule has 1 heterocycles. The van der Waals surface area contributed by atoms with Gasteiger partial charge in [-0.1, -0.05) is 23.2 Å². The molecule has 2 aromatic rings. The molecule has 0 aliphatic carbocycles. The molecule has 0 fully saturated rings. The molecule has 1 aromatic carbocycles. The summed E-state index contributed by atoms with van der Waals surface area (Å²) in [6.45, 7) is 3.44. The summed E-state index contributed by atoms with van der Waals surface area (Å²) in [4.78, 5) is 6.84. The monoisotopic (exact) mass is 292 g/mol. The molecule has 0 radical (unpaired) electrons. The predicted octanol–water partition coefficient (Wildman–Crippen LogP) is 4.26. The van der Waals surface area contributed by atoms with E-state index in [0.29, 0.717) is 10.9 Å². The normalized spacial score (nSPS) is 12.4. The first-order valence-electron chi connectivity index (χ1n) is 5.34. The summed E-state index contributed by atoms with van der Waals surface area (Å²) in [5.74, 6) is -5.68. The number of rotatable bonds is 2. The number of nitrogens with zero attached hydrogens (tertiary/aromatic N) is 2. The number of hydrogen-bond acceptors (Lipinski definition) is 2. The fourth-order valence-electron chi connectivity index (χ4n) is 1.80. The van der Waals surface area contributed by atoms with Crippen LogP contribution in [-0.4, -0.2) is 16.4 Å². The summed E-state index contributed by atoms with van der Waals surface area (Å²) in [6, 6.07) is 3.32. The molecule has 0 atom stereocenters. The van der Waals surface area contributed by atoms with Gasteiger partial charge in [-0.25, -0.2) is 18.7 Å². The highest BCUT2D eigenvalue weighted by atomic mass is 35.5. The van der Waals surface area contributed by atoms with Crippen LogP contribution in [0.2, 0.25) is 5.15 Å². The Balaban J connectivity index is 2.76. The van der Waals surface area contributed by atoms with Gasteiger partial charge in [0, 0.05) is 5.39 Å². The molecule has 2 nitrogen and oxygen atoms in total. The van der Waals surface area contributed by atoms with Crippen molar-refractivity contribution in [1.29, 1.82) is 0 Å². The maximum absolute atomic E-state index is 13.3. The van der Waals surface area contributed by atoms with Crippen molar-refractivity contribution in [1.82, 2.24) is 9.97 Å². The topological polar surface area (TPSA) is 25.8 Å². The minimum absolute atomic E-state index is 0.154. The molecule has 0 spiro atoms. The smallest absolute Gasteiger partial charge is 0.226 e. The molecule has 0 aliphatic rings. The van der Waals surface area contributed by atoms with Gasteiger partial charge in [-0.05, 0) is 25.5 Å². The van der Waals surface area contributed by atoms with Gasteiger partial charge >= 0.3 is 12.3 Å². The highest BCUT2D eigenvalue weighted by molar-refractivity contribution is 6.34. The third-order valence-corrected chi connectivity index (χ3v) is 2.95. The minimum atomic E-state index is -4.42. The number of alkyl halides is 4. The summed E-state index contributed by atoms with van der Waals surface area (Å²) in [5.41, 5.74) is 1.58. The maximum atomic E-state index is 13.3. The van der Waals surface area contributed by atoms with E-state index in [1.807, 2.05) is 0 Å². The Bertz CT molecular complexity index is 643. The van der Waals surface area contributed by atoms with Crippen LogP contribution in [0.4, 0.5) is 17.6 Å². The van der Waals surface area contributed by atoms with Crippen LogP contribution in [0.15, 0.2) is 12.1 Å². The second kappa shape index (κ2) is 4.59. The quantitative estimate of drug-likeness (QED) is 0.610. The van der Waals surface area contributed by atoms with Crippen LogP contribution in [-0.2, 0) is 5.92 Å². The third kappa shape index (κ3) is 2.36. The van der Waals surface area contributed by atoms with Crippen LogP contribution in [0.3, 0.4) is 0 Å². The Hall–Kier alpha value is -1.43. The summed E-state index contributed by atoms with van der Waals surface area (Å²) in [7, 11) is 0. The van der Waals surface area contributed by atoms with Gasteiger partial charge in [0.15, 0.2) is 0 Å². The van der Waals surface area contributed by atoms with Crippen LogP contribution >= 0.6 is 11.6 Å². The molecule has 1 aromatic heterocycles. The molecule has 19 heavy (non-hydrogen) atoms. The van der Waals surface area contributed by atoms with E-state index < -0.39 is 18.2 Å². The lowest BCUT2D eigenvalue weighted by Crippen LogP contribution is -2.26. The van der Waals surface area contributed by atoms with Crippen molar-refractivity contribution in [3.63, 3.8) is 0 Å². The molecule has 0 N–H and O–H groups in total.